The summed E-state index contributed by atoms with van der Waals surface area (Å²) in [5.41, 5.74) is 5.32. The summed E-state index contributed by atoms with van der Waals surface area (Å²) < 4.78 is 5.35. The molecule has 0 saturated carbocycles. The highest BCUT2D eigenvalue weighted by Gasteiger charge is 2.25. The summed E-state index contributed by atoms with van der Waals surface area (Å²) in [7, 11) is 0. The number of nitrogens with one attached hydrogen (secondary N) is 2. The molecule has 1 aliphatic heterocycles. The van der Waals surface area contributed by atoms with Crippen LogP contribution < -0.4 is 20.5 Å². The second-order valence-corrected chi connectivity index (χ2v) is 6.52. The quantitative estimate of drug-likeness (QED) is 0.762. The third kappa shape index (κ3) is 4.50. The molecule has 0 fully saturated rings. The fourth-order valence-electron chi connectivity index (χ4n) is 2.54. The highest BCUT2D eigenvalue weighted by atomic mass is 35.5. The lowest BCUT2D eigenvalue weighted by Crippen LogP contribution is -2.45. The summed E-state index contributed by atoms with van der Waals surface area (Å²) in [5.74, 6) is -0.709. The number of rotatable bonds is 4. The fourth-order valence-corrected chi connectivity index (χ4v) is 2.92. The number of carbonyl (C=O) groups excluding carboxylic acids is 3. The van der Waals surface area contributed by atoms with Gasteiger partial charge in [0.2, 0.25) is 5.91 Å². The number of carbonyl (C=O) groups is 3. The van der Waals surface area contributed by atoms with Crippen LogP contribution in [0.15, 0.2) is 42.5 Å². The molecule has 2 aromatic carbocycles. The van der Waals surface area contributed by atoms with E-state index in [1.165, 1.54) is 17.0 Å². The van der Waals surface area contributed by atoms with Crippen LogP contribution in [0.2, 0.25) is 10.0 Å². The molecule has 9 heteroatoms. The van der Waals surface area contributed by atoms with Gasteiger partial charge in [0.25, 0.3) is 11.8 Å². The molecular weight excluding hydrogens is 393 g/mol. The zero-order valence-corrected chi connectivity index (χ0v) is 15.5. The molecule has 0 atom stereocenters. The first-order valence-electron chi connectivity index (χ1n) is 8.02. The maximum absolute atomic E-state index is 12.1. The summed E-state index contributed by atoms with van der Waals surface area (Å²) in [6, 6.07) is 11.5. The molecule has 0 aliphatic carbocycles. The van der Waals surface area contributed by atoms with E-state index in [4.69, 9.17) is 27.9 Å². The van der Waals surface area contributed by atoms with Gasteiger partial charge >= 0.3 is 0 Å². The largest absolute Gasteiger partial charge is 0.482 e. The second-order valence-electron chi connectivity index (χ2n) is 5.68. The van der Waals surface area contributed by atoms with E-state index < -0.39 is 11.8 Å². The van der Waals surface area contributed by atoms with Crippen molar-refractivity contribution in [3.8, 4) is 5.75 Å². The van der Waals surface area contributed by atoms with Crippen LogP contribution in [0.4, 0.5) is 5.69 Å². The van der Waals surface area contributed by atoms with E-state index in [1.54, 1.807) is 30.3 Å². The van der Waals surface area contributed by atoms with Gasteiger partial charge in [-0.3, -0.25) is 25.2 Å². The average Bonchev–Trinajstić information content (AvgIpc) is 2.67. The van der Waals surface area contributed by atoms with Crippen molar-refractivity contribution in [2.24, 2.45) is 0 Å². The van der Waals surface area contributed by atoms with Crippen molar-refractivity contribution in [2.75, 3.05) is 18.1 Å². The van der Waals surface area contributed by atoms with Gasteiger partial charge in [-0.05, 0) is 30.3 Å². The minimum Gasteiger partial charge on any atom is -0.482 e. The van der Waals surface area contributed by atoms with E-state index in [9.17, 15) is 14.4 Å². The molecule has 0 bridgehead atoms. The minimum atomic E-state index is -0.594. The molecule has 0 spiro atoms. The molecule has 0 radical (unpaired) electrons. The van der Waals surface area contributed by atoms with Crippen LogP contribution in [-0.4, -0.2) is 30.9 Å². The van der Waals surface area contributed by atoms with E-state index in [0.29, 0.717) is 16.5 Å². The van der Waals surface area contributed by atoms with Crippen molar-refractivity contribution >= 4 is 46.6 Å². The Morgan fingerprint density at radius 1 is 1.11 bits per heavy atom. The number of hydrogen-bond acceptors (Lipinski definition) is 4. The van der Waals surface area contributed by atoms with Crippen molar-refractivity contribution in [1.29, 1.82) is 0 Å². The lowest BCUT2D eigenvalue weighted by molar-refractivity contribution is -0.122. The van der Waals surface area contributed by atoms with Crippen LogP contribution in [-0.2, 0) is 9.59 Å². The number of nitrogens with zero attached hydrogens (tertiary/aromatic N) is 1. The van der Waals surface area contributed by atoms with Gasteiger partial charge < -0.3 is 9.64 Å². The Kier molecular flexibility index (Phi) is 5.83. The Morgan fingerprint density at radius 3 is 2.70 bits per heavy atom. The van der Waals surface area contributed by atoms with Gasteiger partial charge in [-0.1, -0.05) is 35.3 Å². The predicted molar refractivity (Wildman–Crippen MR) is 101 cm³/mol. The van der Waals surface area contributed by atoms with E-state index in [0.717, 1.165) is 0 Å². The SMILES string of the molecule is O=C(CCN1C(=O)COc2ccccc21)NNC(=O)c1cc(Cl)ccc1Cl. The number of hydrogen-bond donors (Lipinski definition) is 2. The summed E-state index contributed by atoms with van der Waals surface area (Å²) in [6.45, 7) is 0.0709. The number of anilines is 1. The van der Waals surface area contributed by atoms with Gasteiger partial charge in [-0.2, -0.15) is 0 Å². The minimum absolute atomic E-state index is 0.0103. The zero-order chi connectivity index (χ0) is 19.4. The van der Waals surface area contributed by atoms with Crippen molar-refractivity contribution < 1.29 is 19.1 Å². The number of fused-ring (bicyclic) bond motifs is 1. The standard InChI is InChI=1S/C18H15Cl2N3O4/c19-11-5-6-13(20)12(9-11)18(26)22-21-16(24)7-8-23-14-3-1-2-4-15(14)27-10-17(23)25/h1-6,9H,7-8,10H2,(H,21,24)(H,22,26). The van der Waals surface area contributed by atoms with Gasteiger partial charge in [0, 0.05) is 18.0 Å². The Hall–Kier alpha value is -2.77. The average molecular weight is 408 g/mol. The maximum atomic E-state index is 12.1. The van der Waals surface area contributed by atoms with Crippen molar-refractivity contribution in [3.05, 3.63) is 58.1 Å². The van der Waals surface area contributed by atoms with Gasteiger partial charge in [0.15, 0.2) is 6.61 Å². The third-order valence-corrected chi connectivity index (χ3v) is 4.42. The molecule has 27 heavy (non-hydrogen) atoms. The van der Waals surface area contributed by atoms with Crippen LogP contribution in [0, 0.1) is 0 Å². The van der Waals surface area contributed by atoms with Crippen molar-refractivity contribution in [1.82, 2.24) is 10.9 Å². The molecule has 3 amide bonds. The maximum Gasteiger partial charge on any atom is 0.271 e. The third-order valence-electron chi connectivity index (χ3n) is 3.86. The molecular formula is C18H15Cl2N3O4. The van der Waals surface area contributed by atoms with Gasteiger partial charge in [0.1, 0.15) is 5.75 Å². The zero-order valence-electron chi connectivity index (χ0n) is 14.0. The smallest absolute Gasteiger partial charge is 0.271 e. The molecule has 0 aromatic heterocycles. The molecule has 0 saturated heterocycles. The van der Waals surface area contributed by atoms with Gasteiger partial charge in [-0.15, -0.1) is 0 Å². The fraction of sp³-hybridized carbons (Fsp3) is 0.167. The molecule has 1 heterocycles. The highest BCUT2D eigenvalue weighted by Crippen LogP contribution is 2.31. The second kappa shape index (κ2) is 8.28. The predicted octanol–water partition coefficient (Wildman–Crippen LogP) is 2.57. The number of amides is 3. The normalized spacial score (nSPS) is 12.8. The van der Waals surface area contributed by atoms with Crippen molar-refractivity contribution in [3.63, 3.8) is 0 Å². The molecule has 7 nitrogen and oxygen atoms in total. The topological polar surface area (TPSA) is 87.7 Å². The number of hydrazine groups is 1. The highest BCUT2D eigenvalue weighted by molar-refractivity contribution is 6.35. The van der Waals surface area contributed by atoms with Gasteiger partial charge in [-0.25, -0.2) is 0 Å². The summed E-state index contributed by atoms with van der Waals surface area (Å²) in [5, 5.41) is 0.557. The van der Waals surface area contributed by atoms with Crippen LogP contribution in [0.3, 0.4) is 0 Å². The van der Waals surface area contributed by atoms with Crippen LogP contribution in [0.5, 0.6) is 5.75 Å². The molecule has 2 aromatic rings. The van der Waals surface area contributed by atoms with Crippen LogP contribution in [0.25, 0.3) is 0 Å². The Labute approximate surface area is 165 Å². The first-order chi connectivity index (χ1) is 13.0. The number of para-hydroxylation sites is 2. The van der Waals surface area contributed by atoms with Crippen LogP contribution in [0.1, 0.15) is 16.8 Å². The number of benzene rings is 2. The summed E-state index contributed by atoms with van der Waals surface area (Å²) >= 11 is 11.8. The molecule has 2 N–H and O–H groups in total. The first kappa shape index (κ1) is 19.0. The molecule has 0 unspecified atom stereocenters. The van der Waals surface area contributed by atoms with Gasteiger partial charge in [0.05, 0.1) is 16.3 Å². The molecule has 140 valence electrons. The van der Waals surface area contributed by atoms with E-state index >= 15 is 0 Å². The van der Waals surface area contributed by atoms with Crippen molar-refractivity contribution in [2.45, 2.75) is 6.42 Å². The van der Waals surface area contributed by atoms with Crippen LogP contribution >= 0.6 is 23.2 Å². The van der Waals surface area contributed by atoms with E-state index in [-0.39, 0.29) is 36.1 Å². The lowest BCUT2D eigenvalue weighted by atomic mass is 10.2. The number of halogens is 2. The number of ether oxygens (including phenoxy) is 1. The molecule has 1 aliphatic rings. The van der Waals surface area contributed by atoms with E-state index in [1.807, 2.05) is 0 Å². The summed E-state index contributed by atoms with van der Waals surface area (Å²) in [4.78, 5) is 37.7. The first-order valence-corrected chi connectivity index (χ1v) is 8.77. The van der Waals surface area contributed by atoms with E-state index in [2.05, 4.69) is 10.9 Å². The Bertz CT molecular complexity index is 904. The summed E-state index contributed by atoms with van der Waals surface area (Å²) in [6.07, 6.45) is -0.0103. The molecule has 3 rings (SSSR count). The lowest BCUT2D eigenvalue weighted by Gasteiger charge is -2.29. The Morgan fingerprint density at radius 2 is 1.89 bits per heavy atom. The monoisotopic (exact) mass is 407 g/mol. The Balaban J connectivity index is 1.55.